The zero-order valence-electron chi connectivity index (χ0n) is 14.4. The van der Waals surface area contributed by atoms with Gasteiger partial charge in [-0.25, -0.2) is 4.98 Å². The van der Waals surface area contributed by atoms with Crippen molar-refractivity contribution in [3.05, 3.63) is 64.2 Å². The Bertz CT molecular complexity index is 956. The van der Waals surface area contributed by atoms with Crippen molar-refractivity contribution >= 4 is 45.9 Å². The molecule has 25 heavy (non-hydrogen) atoms. The van der Waals surface area contributed by atoms with Gasteiger partial charge in [0.1, 0.15) is 0 Å². The second kappa shape index (κ2) is 7.46. The predicted octanol–water partition coefficient (Wildman–Crippen LogP) is 5.54. The number of nitrogens with zero attached hydrogens (tertiary/aromatic N) is 1. The number of rotatable bonds is 4. The summed E-state index contributed by atoms with van der Waals surface area (Å²) >= 11 is 7.39. The minimum absolute atomic E-state index is 0.0558. The topological polar surface area (TPSA) is 42.0 Å². The van der Waals surface area contributed by atoms with Crippen LogP contribution in [0.3, 0.4) is 0 Å². The Hall–Kier alpha value is -2.04. The molecule has 1 aromatic heterocycles. The lowest BCUT2D eigenvalue weighted by Gasteiger charge is -2.10. The molecule has 3 aromatic rings. The third-order valence-electron chi connectivity index (χ3n) is 4.04. The molecule has 0 saturated carbocycles. The highest BCUT2D eigenvalue weighted by Crippen LogP contribution is 2.26. The van der Waals surface area contributed by atoms with Crippen molar-refractivity contribution in [2.24, 2.45) is 0 Å². The van der Waals surface area contributed by atoms with Crippen molar-refractivity contribution in [3.8, 4) is 0 Å². The van der Waals surface area contributed by atoms with Crippen LogP contribution < -0.4 is 5.32 Å². The summed E-state index contributed by atoms with van der Waals surface area (Å²) < 4.78 is 0. The van der Waals surface area contributed by atoms with Crippen molar-refractivity contribution in [1.29, 1.82) is 0 Å². The number of nitrogens with one attached hydrogen (secondary N) is 1. The molecule has 1 heterocycles. The summed E-state index contributed by atoms with van der Waals surface area (Å²) in [7, 11) is 0. The fourth-order valence-electron chi connectivity index (χ4n) is 2.70. The van der Waals surface area contributed by atoms with Gasteiger partial charge in [0.2, 0.25) is 5.91 Å². The molecular weight excluding hydrogens is 352 g/mol. The van der Waals surface area contributed by atoms with Gasteiger partial charge in [-0.2, -0.15) is 0 Å². The maximum Gasteiger partial charge on any atom is 0.234 e. The smallest absolute Gasteiger partial charge is 0.234 e. The second-order valence-corrected chi connectivity index (χ2v) is 7.48. The van der Waals surface area contributed by atoms with Crippen LogP contribution in [0.5, 0.6) is 0 Å². The number of benzene rings is 2. The summed E-state index contributed by atoms with van der Waals surface area (Å²) in [5.74, 6) is 0.256. The molecule has 3 nitrogen and oxygen atoms in total. The summed E-state index contributed by atoms with van der Waals surface area (Å²) in [6.07, 6.45) is 0. The van der Waals surface area contributed by atoms with Gasteiger partial charge in [0.25, 0.3) is 0 Å². The Morgan fingerprint density at radius 2 is 1.88 bits per heavy atom. The largest absolute Gasteiger partial charge is 0.325 e. The molecule has 2 aromatic carbocycles. The number of fused-ring (bicyclic) bond motifs is 1. The molecule has 0 radical (unpaired) electrons. The van der Waals surface area contributed by atoms with E-state index in [9.17, 15) is 4.79 Å². The number of aromatic nitrogens is 1. The van der Waals surface area contributed by atoms with E-state index in [0.29, 0.717) is 10.8 Å². The van der Waals surface area contributed by atoms with Crippen LogP contribution in [-0.4, -0.2) is 16.6 Å². The van der Waals surface area contributed by atoms with E-state index in [-0.39, 0.29) is 5.91 Å². The number of hydrogen-bond donors (Lipinski definition) is 1. The number of halogens is 1. The third kappa shape index (κ3) is 4.14. The molecule has 1 amide bonds. The first-order chi connectivity index (χ1) is 11.9. The van der Waals surface area contributed by atoms with Crippen LogP contribution in [0.1, 0.15) is 16.7 Å². The molecule has 0 bridgehead atoms. The van der Waals surface area contributed by atoms with Gasteiger partial charge in [-0.05, 0) is 61.7 Å². The quantitative estimate of drug-likeness (QED) is 0.612. The van der Waals surface area contributed by atoms with E-state index in [1.165, 1.54) is 17.3 Å². The Morgan fingerprint density at radius 3 is 2.64 bits per heavy atom. The van der Waals surface area contributed by atoms with Crippen molar-refractivity contribution < 1.29 is 4.79 Å². The molecule has 0 saturated heterocycles. The van der Waals surface area contributed by atoms with Gasteiger partial charge in [0.15, 0.2) is 0 Å². The molecule has 5 heteroatoms. The average molecular weight is 371 g/mol. The molecule has 0 aliphatic rings. The van der Waals surface area contributed by atoms with Crippen LogP contribution in [0.2, 0.25) is 5.02 Å². The van der Waals surface area contributed by atoms with Crippen LogP contribution in [0.15, 0.2) is 47.5 Å². The number of hydrogen-bond acceptors (Lipinski definition) is 3. The summed E-state index contributed by atoms with van der Waals surface area (Å²) in [5.41, 5.74) is 5.04. The molecular formula is C20H19ClN2OS. The molecule has 0 atom stereocenters. The minimum atomic E-state index is -0.0558. The van der Waals surface area contributed by atoms with E-state index in [1.54, 1.807) is 6.07 Å². The normalized spacial score (nSPS) is 10.9. The van der Waals surface area contributed by atoms with Crippen LogP contribution >= 0.6 is 23.4 Å². The summed E-state index contributed by atoms with van der Waals surface area (Å²) in [4.78, 5) is 17.0. The summed E-state index contributed by atoms with van der Waals surface area (Å²) in [6.45, 7) is 6.05. The van der Waals surface area contributed by atoms with Crippen molar-refractivity contribution in [2.45, 2.75) is 25.8 Å². The number of para-hydroxylation sites is 1. The lowest BCUT2D eigenvalue weighted by atomic mass is 10.1. The zero-order chi connectivity index (χ0) is 18.0. The van der Waals surface area contributed by atoms with E-state index in [2.05, 4.69) is 31.3 Å². The third-order valence-corrected chi connectivity index (χ3v) is 5.18. The average Bonchev–Trinajstić information content (AvgIpc) is 2.57. The standard InChI is InChI=1S/C20H19ClN2OS/c1-12-5-4-6-16-13(2)10-19(23-20(12)16)25-11-18(24)22-17-8-7-15(21)9-14(17)3/h4-10H,11H2,1-3H3,(H,22,24). The highest BCUT2D eigenvalue weighted by atomic mass is 35.5. The SMILES string of the molecule is Cc1cc(Cl)ccc1NC(=O)CSc1cc(C)c2cccc(C)c2n1. The lowest BCUT2D eigenvalue weighted by molar-refractivity contribution is -0.113. The number of carbonyl (C=O) groups excluding carboxylic acids is 1. The Morgan fingerprint density at radius 1 is 1.08 bits per heavy atom. The van der Waals surface area contributed by atoms with E-state index < -0.39 is 0 Å². The van der Waals surface area contributed by atoms with E-state index >= 15 is 0 Å². The highest BCUT2D eigenvalue weighted by Gasteiger charge is 2.09. The lowest BCUT2D eigenvalue weighted by Crippen LogP contribution is -2.14. The molecule has 128 valence electrons. The highest BCUT2D eigenvalue weighted by molar-refractivity contribution is 7.99. The minimum Gasteiger partial charge on any atom is -0.325 e. The van der Waals surface area contributed by atoms with Crippen LogP contribution in [-0.2, 0) is 4.79 Å². The number of aryl methyl sites for hydroxylation is 3. The first kappa shape index (κ1) is 17.8. The van der Waals surface area contributed by atoms with Crippen molar-refractivity contribution in [2.75, 3.05) is 11.1 Å². The maximum atomic E-state index is 12.2. The Labute approximate surface area is 156 Å². The van der Waals surface area contributed by atoms with Crippen LogP contribution in [0.4, 0.5) is 5.69 Å². The number of carbonyl (C=O) groups is 1. The molecule has 0 aliphatic carbocycles. The van der Waals surface area contributed by atoms with Gasteiger partial charge in [-0.15, -0.1) is 0 Å². The zero-order valence-corrected chi connectivity index (χ0v) is 16.0. The van der Waals surface area contributed by atoms with Crippen molar-refractivity contribution in [3.63, 3.8) is 0 Å². The first-order valence-electron chi connectivity index (χ1n) is 8.00. The molecule has 0 spiro atoms. The van der Waals surface area contributed by atoms with Gasteiger partial charge in [0.05, 0.1) is 16.3 Å². The fourth-order valence-corrected chi connectivity index (χ4v) is 3.69. The molecule has 0 fully saturated rings. The van der Waals surface area contributed by atoms with Crippen LogP contribution in [0, 0.1) is 20.8 Å². The monoisotopic (exact) mass is 370 g/mol. The Balaban J connectivity index is 1.72. The van der Waals surface area contributed by atoms with Crippen molar-refractivity contribution in [1.82, 2.24) is 4.98 Å². The van der Waals surface area contributed by atoms with E-state index in [4.69, 9.17) is 16.6 Å². The molecule has 0 unspecified atom stereocenters. The molecule has 0 aliphatic heterocycles. The summed E-state index contributed by atoms with van der Waals surface area (Å²) in [5, 5.41) is 5.61. The maximum absolute atomic E-state index is 12.2. The number of amides is 1. The number of thioether (sulfide) groups is 1. The number of anilines is 1. The van der Waals surface area contributed by atoms with Crippen LogP contribution in [0.25, 0.3) is 10.9 Å². The van der Waals surface area contributed by atoms with Gasteiger partial charge in [0, 0.05) is 16.1 Å². The first-order valence-corrected chi connectivity index (χ1v) is 9.36. The second-order valence-electron chi connectivity index (χ2n) is 6.04. The molecule has 1 N–H and O–H groups in total. The Kier molecular flexibility index (Phi) is 5.30. The predicted molar refractivity (Wildman–Crippen MR) is 107 cm³/mol. The van der Waals surface area contributed by atoms with Gasteiger partial charge in [-0.1, -0.05) is 41.6 Å². The fraction of sp³-hybridized carbons (Fsp3) is 0.200. The van der Waals surface area contributed by atoms with Gasteiger partial charge in [-0.3, -0.25) is 4.79 Å². The summed E-state index contributed by atoms with van der Waals surface area (Å²) in [6, 6.07) is 13.6. The van der Waals surface area contributed by atoms with E-state index in [1.807, 2.05) is 31.2 Å². The van der Waals surface area contributed by atoms with E-state index in [0.717, 1.165) is 32.7 Å². The molecule has 3 rings (SSSR count). The van der Waals surface area contributed by atoms with Gasteiger partial charge < -0.3 is 5.32 Å². The number of pyridine rings is 1. The van der Waals surface area contributed by atoms with Gasteiger partial charge >= 0.3 is 0 Å².